The van der Waals surface area contributed by atoms with E-state index in [4.69, 9.17) is 18.9 Å². The number of ether oxygens (including phenoxy) is 4. The van der Waals surface area contributed by atoms with E-state index in [1.54, 1.807) is 55.6 Å². The van der Waals surface area contributed by atoms with Crippen LogP contribution in [0.1, 0.15) is 10.4 Å². The topological polar surface area (TPSA) is 95.1 Å². The maximum absolute atomic E-state index is 12.4. The number of rotatable bonds is 5. The second-order valence-corrected chi connectivity index (χ2v) is 6.84. The number of hydrogen-bond donors (Lipinski definition) is 2. The monoisotopic (exact) mass is 398 g/mol. The molecule has 2 aromatic rings. The molecule has 2 saturated heterocycles. The summed E-state index contributed by atoms with van der Waals surface area (Å²) in [7, 11) is 1.57. The lowest BCUT2D eigenvalue weighted by molar-refractivity contribution is 0.00862. The zero-order valence-corrected chi connectivity index (χ0v) is 15.9. The molecule has 0 saturated carbocycles. The number of carbonyl (C=O) groups is 2. The van der Waals surface area contributed by atoms with Gasteiger partial charge in [-0.05, 0) is 36.4 Å². The molecule has 2 amide bonds. The second-order valence-electron chi connectivity index (χ2n) is 6.84. The number of nitrogens with one attached hydrogen (secondary N) is 2. The van der Waals surface area contributed by atoms with Gasteiger partial charge in [-0.1, -0.05) is 18.2 Å². The first-order chi connectivity index (χ1) is 14.1. The number of hydrogen-bond acceptors (Lipinski definition) is 6. The van der Waals surface area contributed by atoms with Gasteiger partial charge in [0.1, 0.15) is 18.0 Å². The predicted octanol–water partition coefficient (Wildman–Crippen LogP) is 2.21. The summed E-state index contributed by atoms with van der Waals surface area (Å²) in [5.41, 5.74) is 1.16. The van der Waals surface area contributed by atoms with Crippen molar-refractivity contribution < 1.29 is 28.5 Å². The lowest BCUT2D eigenvalue weighted by atomic mass is 10.1. The first-order valence-corrected chi connectivity index (χ1v) is 9.35. The number of amides is 2. The van der Waals surface area contributed by atoms with Gasteiger partial charge in [0.25, 0.3) is 5.91 Å². The summed E-state index contributed by atoms with van der Waals surface area (Å²) < 4.78 is 22.1. The van der Waals surface area contributed by atoms with E-state index < -0.39 is 18.3 Å². The average molecular weight is 398 g/mol. The normalized spacial score (nSPS) is 25.1. The molecule has 4 rings (SSSR count). The third kappa shape index (κ3) is 4.33. The maximum atomic E-state index is 12.4. The van der Waals surface area contributed by atoms with E-state index in [0.29, 0.717) is 23.6 Å². The van der Waals surface area contributed by atoms with E-state index in [0.717, 1.165) is 0 Å². The summed E-state index contributed by atoms with van der Waals surface area (Å²) in [6.45, 7) is 0.511. The van der Waals surface area contributed by atoms with Gasteiger partial charge in [-0.25, -0.2) is 4.79 Å². The van der Waals surface area contributed by atoms with Crippen LogP contribution in [0.25, 0.3) is 0 Å². The van der Waals surface area contributed by atoms with Gasteiger partial charge in [0.15, 0.2) is 6.10 Å². The second kappa shape index (κ2) is 8.50. The highest BCUT2D eigenvalue weighted by atomic mass is 16.6. The third-order valence-corrected chi connectivity index (χ3v) is 4.96. The Kier molecular flexibility index (Phi) is 5.64. The van der Waals surface area contributed by atoms with Crippen LogP contribution in [-0.2, 0) is 14.2 Å². The molecule has 0 aromatic heterocycles. The molecular weight excluding hydrogens is 376 g/mol. The van der Waals surface area contributed by atoms with Crippen LogP contribution in [-0.4, -0.2) is 56.7 Å². The molecule has 2 fully saturated rings. The summed E-state index contributed by atoms with van der Waals surface area (Å²) in [6.07, 6.45) is -1.92. The van der Waals surface area contributed by atoms with Crippen molar-refractivity contribution in [2.45, 2.75) is 24.4 Å². The Morgan fingerprint density at radius 2 is 1.69 bits per heavy atom. The fourth-order valence-corrected chi connectivity index (χ4v) is 3.49. The van der Waals surface area contributed by atoms with Gasteiger partial charge >= 0.3 is 6.09 Å². The molecule has 2 aliphatic heterocycles. The molecule has 8 nitrogen and oxygen atoms in total. The number of benzene rings is 2. The first kappa shape index (κ1) is 19.2. The zero-order valence-electron chi connectivity index (χ0n) is 15.9. The summed E-state index contributed by atoms with van der Waals surface area (Å²) >= 11 is 0. The molecule has 4 atom stereocenters. The molecule has 0 aliphatic carbocycles. The summed E-state index contributed by atoms with van der Waals surface area (Å²) in [4.78, 5) is 24.6. The van der Waals surface area contributed by atoms with Crippen LogP contribution in [0.15, 0.2) is 54.6 Å². The molecule has 29 heavy (non-hydrogen) atoms. The Morgan fingerprint density at radius 3 is 2.41 bits per heavy atom. The van der Waals surface area contributed by atoms with E-state index in [2.05, 4.69) is 10.6 Å². The lowest BCUT2D eigenvalue weighted by Gasteiger charge is -2.18. The summed E-state index contributed by atoms with van der Waals surface area (Å²) in [5.74, 6) is 0.504. The van der Waals surface area contributed by atoms with Gasteiger partial charge < -0.3 is 24.3 Å². The van der Waals surface area contributed by atoms with Gasteiger partial charge in [-0.15, -0.1) is 0 Å². The predicted molar refractivity (Wildman–Crippen MR) is 104 cm³/mol. The Balaban J connectivity index is 1.30. The molecule has 0 radical (unpaired) electrons. The van der Waals surface area contributed by atoms with Crippen LogP contribution >= 0.6 is 0 Å². The van der Waals surface area contributed by atoms with Crippen molar-refractivity contribution in [3.63, 3.8) is 0 Å². The van der Waals surface area contributed by atoms with Crippen molar-refractivity contribution >= 4 is 17.7 Å². The molecule has 0 spiro atoms. The molecule has 2 heterocycles. The zero-order chi connectivity index (χ0) is 20.2. The van der Waals surface area contributed by atoms with E-state index >= 15 is 0 Å². The molecule has 152 valence electrons. The SMILES string of the molecule is COc1ccc(NC(=O)O[C@@H]2CO[C@H]3[C@@H]2OC[C@@H]3NC(=O)c2ccccc2)cc1. The minimum Gasteiger partial charge on any atom is -0.497 e. The highest BCUT2D eigenvalue weighted by Gasteiger charge is 2.50. The third-order valence-electron chi connectivity index (χ3n) is 4.96. The Morgan fingerprint density at radius 1 is 0.966 bits per heavy atom. The number of fused-ring (bicyclic) bond motifs is 1. The number of anilines is 1. The fourth-order valence-electron chi connectivity index (χ4n) is 3.49. The number of carbonyl (C=O) groups excluding carboxylic acids is 2. The highest BCUT2D eigenvalue weighted by Crippen LogP contribution is 2.29. The van der Waals surface area contributed by atoms with Crippen molar-refractivity contribution in [2.24, 2.45) is 0 Å². The van der Waals surface area contributed by atoms with Crippen LogP contribution in [0.2, 0.25) is 0 Å². The molecule has 2 aromatic carbocycles. The van der Waals surface area contributed by atoms with E-state index in [1.165, 1.54) is 0 Å². The minimum absolute atomic E-state index is 0.190. The molecule has 0 unspecified atom stereocenters. The molecule has 2 N–H and O–H groups in total. The smallest absolute Gasteiger partial charge is 0.412 e. The van der Waals surface area contributed by atoms with Crippen molar-refractivity contribution in [1.82, 2.24) is 5.32 Å². The van der Waals surface area contributed by atoms with E-state index in [-0.39, 0.29) is 24.7 Å². The largest absolute Gasteiger partial charge is 0.497 e. The molecule has 0 bridgehead atoms. The fraction of sp³-hybridized carbons (Fsp3) is 0.333. The van der Waals surface area contributed by atoms with Crippen LogP contribution in [0.3, 0.4) is 0 Å². The van der Waals surface area contributed by atoms with Gasteiger partial charge in [0.2, 0.25) is 0 Å². The quantitative estimate of drug-likeness (QED) is 0.802. The lowest BCUT2D eigenvalue weighted by Crippen LogP contribution is -2.44. The van der Waals surface area contributed by atoms with E-state index in [9.17, 15) is 9.59 Å². The van der Waals surface area contributed by atoms with Gasteiger partial charge in [-0.2, -0.15) is 0 Å². The van der Waals surface area contributed by atoms with Crippen molar-refractivity contribution in [1.29, 1.82) is 0 Å². The van der Waals surface area contributed by atoms with Crippen LogP contribution < -0.4 is 15.4 Å². The minimum atomic E-state index is -0.593. The standard InChI is InChI=1S/C21H22N2O6/c1-26-15-9-7-14(8-10-15)22-21(25)29-17-12-28-18-16(11-27-19(17)18)23-20(24)13-5-3-2-4-6-13/h2-10,16-19H,11-12H2,1H3,(H,22,25)(H,23,24)/t16-,17+,18+,19+/m0/s1. The summed E-state index contributed by atoms with van der Waals surface area (Å²) in [5, 5.41) is 5.60. The number of methoxy groups -OCH3 is 1. The van der Waals surface area contributed by atoms with Crippen molar-refractivity contribution in [3.05, 3.63) is 60.2 Å². The highest BCUT2D eigenvalue weighted by molar-refractivity contribution is 5.94. The van der Waals surface area contributed by atoms with E-state index in [1.807, 2.05) is 6.07 Å². The maximum Gasteiger partial charge on any atom is 0.412 e. The molecule has 8 heteroatoms. The van der Waals surface area contributed by atoms with Crippen LogP contribution in [0, 0.1) is 0 Å². The van der Waals surface area contributed by atoms with Gasteiger partial charge in [0.05, 0.1) is 26.4 Å². The average Bonchev–Trinajstić information content (AvgIpc) is 3.32. The van der Waals surface area contributed by atoms with Crippen molar-refractivity contribution in [3.8, 4) is 5.75 Å². The Labute approximate surface area is 168 Å². The first-order valence-electron chi connectivity index (χ1n) is 9.35. The molecule has 2 aliphatic rings. The van der Waals surface area contributed by atoms with Gasteiger partial charge in [0, 0.05) is 11.3 Å². The Hall–Kier alpha value is -3.10. The van der Waals surface area contributed by atoms with Crippen LogP contribution in [0.4, 0.5) is 10.5 Å². The van der Waals surface area contributed by atoms with Gasteiger partial charge in [-0.3, -0.25) is 10.1 Å². The Bertz CT molecular complexity index is 857. The van der Waals surface area contributed by atoms with Crippen molar-refractivity contribution in [2.75, 3.05) is 25.6 Å². The van der Waals surface area contributed by atoms with Crippen LogP contribution in [0.5, 0.6) is 5.75 Å². The molecular formula is C21H22N2O6. The summed E-state index contributed by atoms with van der Waals surface area (Å²) in [6, 6.07) is 15.6.